The Kier molecular flexibility index (Phi) is 4.47. The Morgan fingerprint density at radius 2 is 2.35 bits per heavy atom. The van der Waals surface area contributed by atoms with Gasteiger partial charge in [0.2, 0.25) is 0 Å². The SMILES string of the molecule is Cc1nc(CN(C)c2ncccc2/C=C/C(=O)O)cs1. The third kappa shape index (κ3) is 3.64. The lowest BCUT2D eigenvalue weighted by Crippen LogP contribution is -2.19. The molecule has 2 aromatic rings. The molecule has 0 amide bonds. The van der Waals surface area contributed by atoms with Crippen molar-refractivity contribution in [2.24, 2.45) is 0 Å². The molecule has 0 bridgehead atoms. The van der Waals surface area contributed by atoms with Gasteiger partial charge in [0, 0.05) is 30.3 Å². The molecule has 0 atom stereocenters. The van der Waals surface area contributed by atoms with E-state index >= 15 is 0 Å². The zero-order valence-electron chi connectivity index (χ0n) is 11.3. The van der Waals surface area contributed by atoms with Gasteiger partial charge in [0.15, 0.2) is 0 Å². The van der Waals surface area contributed by atoms with Crippen LogP contribution >= 0.6 is 11.3 Å². The quantitative estimate of drug-likeness (QED) is 0.857. The number of nitrogens with zero attached hydrogens (tertiary/aromatic N) is 3. The van der Waals surface area contributed by atoms with Crippen molar-refractivity contribution in [1.82, 2.24) is 9.97 Å². The number of hydrogen-bond acceptors (Lipinski definition) is 5. The van der Waals surface area contributed by atoms with Gasteiger partial charge in [-0.1, -0.05) is 0 Å². The summed E-state index contributed by atoms with van der Waals surface area (Å²) in [6.07, 6.45) is 4.35. The number of aliphatic carboxylic acids is 1. The van der Waals surface area contributed by atoms with E-state index in [1.54, 1.807) is 29.7 Å². The molecule has 104 valence electrons. The molecule has 0 aliphatic carbocycles. The second-order valence-electron chi connectivity index (χ2n) is 4.30. The number of aryl methyl sites for hydroxylation is 1. The number of pyridine rings is 1. The molecule has 5 nitrogen and oxygen atoms in total. The van der Waals surface area contributed by atoms with Crippen LogP contribution in [0.2, 0.25) is 0 Å². The Bertz CT molecular complexity index is 637. The summed E-state index contributed by atoms with van der Waals surface area (Å²) in [5.74, 6) is -0.242. The van der Waals surface area contributed by atoms with Gasteiger partial charge in [-0.3, -0.25) is 0 Å². The molecule has 6 heteroatoms. The first-order valence-electron chi connectivity index (χ1n) is 6.04. The van der Waals surface area contributed by atoms with Gasteiger partial charge in [0.25, 0.3) is 0 Å². The van der Waals surface area contributed by atoms with Crippen molar-refractivity contribution in [3.8, 4) is 0 Å². The van der Waals surface area contributed by atoms with Crippen LogP contribution in [0.3, 0.4) is 0 Å². The smallest absolute Gasteiger partial charge is 0.328 e. The Morgan fingerprint density at radius 3 is 3.00 bits per heavy atom. The van der Waals surface area contributed by atoms with Crippen LogP contribution in [-0.4, -0.2) is 28.1 Å². The lowest BCUT2D eigenvalue weighted by atomic mass is 10.2. The standard InChI is InChI=1S/C14H15N3O2S/c1-10-16-12(9-20-10)8-17(2)14-11(4-3-7-15-14)5-6-13(18)19/h3-7,9H,8H2,1-2H3,(H,18,19)/b6-5+. The second kappa shape index (κ2) is 6.29. The van der Waals surface area contributed by atoms with Crippen molar-refractivity contribution in [3.63, 3.8) is 0 Å². The van der Waals surface area contributed by atoms with E-state index in [-0.39, 0.29) is 0 Å². The van der Waals surface area contributed by atoms with Crippen LogP contribution in [0, 0.1) is 6.92 Å². The van der Waals surface area contributed by atoms with Crippen molar-refractivity contribution >= 4 is 29.2 Å². The third-order valence-electron chi connectivity index (χ3n) is 2.65. The summed E-state index contributed by atoms with van der Waals surface area (Å²) in [6.45, 7) is 2.60. The van der Waals surface area contributed by atoms with E-state index in [1.807, 2.05) is 30.3 Å². The lowest BCUT2D eigenvalue weighted by Gasteiger charge is -2.18. The molecule has 0 aliphatic heterocycles. The molecule has 20 heavy (non-hydrogen) atoms. The zero-order chi connectivity index (χ0) is 14.5. The Morgan fingerprint density at radius 1 is 1.55 bits per heavy atom. The molecule has 0 unspecified atom stereocenters. The van der Waals surface area contributed by atoms with Crippen molar-refractivity contribution in [2.45, 2.75) is 13.5 Å². The van der Waals surface area contributed by atoms with Gasteiger partial charge in [-0.25, -0.2) is 14.8 Å². The highest BCUT2D eigenvalue weighted by molar-refractivity contribution is 7.09. The van der Waals surface area contributed by atoms with Crippen LogP contribution in [0.15, 0.2) is 29.8 Å². The number of rotatable bonds is 5. The molecular formula is C14H15N3O2S. The number of carbonyl (C=O) groups is 1. The largest absolute Gasteiger partial charge is 0.478 e. The fourth-order valence-electron chi connectivity index (χ4n) is 1.82. The van der Waals surface area contributed by atoms with Crippen molar-refractivity contribution in [3.05, 3.63) is 46.1 Å². The third-order valence-corrected chi connectivity index (χ3v) is 3.47. The van der Waals surface area contributed by atoms with Crippen LogP contribution < -0.4 is 4.90 Å². The Labute approximate surface area is 121 Å². The van der Waals surface area contributed by atoms with E-state index in [2.05, 4.69) is 9.97 Å². The summed E-state index contributed by atoms with van der Waals surface area (Å²) in [6, 6.07) is 3.62. The van der Waals surface area contributed by atoms with Gasteiger partial charge in [-0.2, -0.15) is 0 Å². The van der Waals surface area contributed by atoms with Gasteiger partial charge in [-0.15, -0.1) is 11.3 Å². The summed E-state index contributed by atoms with van der Waals surface area (Å²) in [4.78, 5) is 21.3. The molecule has 2 heterocycles. The molecule has 1 N–H and O–H groups in total. The minimum absolute atomic E-state index is 0.634. The fourth-order valence-corrected chi connectivity index (χ4v) is 2.42. The lowest BCUT2D eigenvalue weighted by molar-refractivity contribution is -0.131. The number of aromatic nitrogens is 2. The molecular weight excluding hydrogens is 274 g/mol. The van der Waals surface area contributed by atoms with Crippen LogP contribution in [0.4, 0.5) is 5.82 Å². The van der Waals surface area contributed by atoms with E-state index in [4.69, 9.17) is 5.11 Å². The van der Waals surface area contributed by atoms with Gasteiger partial charge in [0.1, 0.15) is 5.82 Å². The average molecular weight is 289 g/mol. The Balaban J connectivity index is 2.20. The zero-order valence-corrected chi connectivity index (χ0v) is 12.1. The van der Waals surface area contributed by atoms with Crippen LogP contribution in [0.25, 0.3) is 6.08 Å². The number of anilines is 1. The summed E-state index contributed by atoms with van der Waals surface area (Å²) in [7, 11) is 1.91. The molecule has 2 aromatic heterocycles. The van der Waals surface area contributed by atoms with E-state index < -0.39 is 5.97 Å². The molecule has 0 saturated carbocycles. The normalized spacial score (nSPS) is 10.9. The first-order chi connectivity index (χ1) is 9.56. The van der Waals surface area contributed by atoms with Crippen molar-refractivity contribution in [1.29, 1.82) is 0 Å². The predicted octanol–water partition coefficient (Wildman–Crippen LogP) is 2.58. The maximum atomic E-state index is 10.6. The molecule has 0 fully saturated rings. The maximum absolute atomic E-state index is 10.6. The summed E-state index contributed by atoms with van der Waals surface area (Å²) in [5, 5.41) is 11.8. The topological polar surface area (TPSA) is 66.3 Å². The first-order valence-corrected chi connectivity index (χ1v) is 6.92. The highest BCUT2D eigenvalue weighted by Gasteiger charge is 2.09. The second-order valence-corrected chi connectivity index (χ2v) is 5.36. The van der Waals surface area contributed by atoms with Crippen molar-refractivity contribution in [2.75, 3.05) is 11.9 Å². The highest BCUT2D eigenvalue weighted by Crippen LogP contribution is 2.20. The van der Waals surface area contributed by atoms with Crippen LogP contribution in [0.5, 0.6) is 0 Å². The monoisotopic (exact) mass is 289 g/mol. The highest BCUT2D eigenvalue weighted by atomic mass is 32.1. The van der Waals surface area contributed by atoms with Gasteiger partial charge in [0.05, 0.1) is 17.2 Å². The van der Waals surface area contributed by atoms with Crippen LogP contribution in [0.1, 0.15) is 16.3 Å². The van der Waals surface area contributed by atoms with E-state index in [0.29, 0.717) is 6.54 Å². The fraction of sp³-hybridized carbons (Fsp3) is 0.214. The molecule has 0 aromatic carbocycles. The Hall–Kier alpha value is -2.21. The number of carboxylic acid groups (broad SMARTS) is 1. The average Bonchev–Trinajstić information content (AvgIpc) is 2.82. The number of carboxylic acids is 1. The van der Waals surface area contributed by atoms with Gasteiger partial charge in [-0.05, 0) is 25.1 Å². The maximum Gasteiger partial charge on any atom is 0.328 e. The molecule has 2 rings (SSSR count). The number of thiazole rings is 1. The molecule has 0 radical (unpaired) electrons. The van der Waals surface area contributed by atoms with E-state index in [9.17, 15) is 4.79 Å². The minimum Gasteiger partial charge on any atom is -0.478 e. The van der Waals surface area contributed by atoms with Gasteiger partial charge >= 0.3 is 5.97 Å². The minimum atomic E-state index is -0.974. The first kappa shape index (κ1) is 14.2. The molecule has 0 aliphatic rings. The number of hydrogen-bond donors (Lipinski definition) is 1. The molecule has 0 saturated heterocycles. The van der Waals surface area contributed by atoms with Crippen LogP contribution in [-0.2, 0) is 11.3 Å². The van der Waals surface area contributed by atoms with Crippen molar-refractivity contribution < 1.29 is 9.90 Å². The summed E-state index contributed by atoms with van der Waals surface area (Å²) in [5.41, 5.74) is 1.75. The summed E-state index contributed by atoms with van der Waals surface area (Å²) >= 11 is 1.61. The molecule has 0 spiro atoms. The summed E-state index contributed by atoms with van der Waals surface area (Å²) < 4.78 is 0. The van der Waals surface area contributed by atoms with E-state index in [0.717, 1.165) is 28.2 Å². The van der Waals surface area contributed by atoms with Gasteiger partial charge < -0.3 is 10.0 Å². The predicted molar refractivity (Wildman–Crippen MR) is 79.9 cm³/mol. The van der Waals surface area contributed by atoms with E-state index in [1.165, 1.54) is 0 Å².